The van der Waals surface area contributed by atoms with Gasteiger partial charge in [0.25, 0.3) is 10.0 Å². The first-order valence-corrected chi connectivity index (χ1v) is 11.8. The summed E-state index contributed by atoms with van der Waals surface area (Å²) in [5, 5.41) is 2.86. The Morgan fingerprint density at radius 3 is 2.06 bits per heavy atom. The molecule has 33 heavy (non-hydrogen) atoms. The lowest BCUT2D eigenvalue weighted by Gasteiger charge is -2.25. The molecule has 8 heteroatoms. The number of methoxy groups -OCH3 is 2. The van der Waals surface area contributed by atoms with Gasteiger partial charge < -0.3 is 14.8 Å². The van der Waals surface area contributed by atoms with Gasteiger partial charge in [-0.3, -0.25) is 9.10 Å². The molecule has 0 aromatic heterocycles. The molecule has 1 amide bonds. The summed E-state index contributed by atoms with van der Waals surface area (Å²) in [4.78, 5) is 13.0. The number of carbonyl (C=O) groups is 1. The number of nitrogens with zero attached hydrogens (tertiary/aromatic N) is 1. The van der Waals surface area contributed by atoms with Crippen molar-refractivity contribution in [1.29, 1.82) is 0 Å². The Labute approximate surface area is 195 Å². The second kappa shape index (κ2) is 9.95. The first kappa shape index (κ1) is 24.1. The number of anilines is 2. The van der Waals surface area contributed by atoms with Gasteiger partial charge >= 0.3 is 0 Å². The van der Waals surface area contributed by atoms with Crippen LogP contribution >= 0.6 is 0 Å². The molecule has 3 aromatic carbocycles. The first-order chi connectivity index (χ1) is 15.7. The molecule has 0 unspecified atom stereocenters. The van der Waals surface area contributed by atoms with E-state index in [0.29, 0.717) is 17.1 Å². The Hall–Kier alpha value is -3.52. The lowest BCUT2D eigenvalue weighted by atomic mass is 10.1. The molecular formula is C25H28N2O5S. The van der Waals surface area contributed by atoms with Crippen LogP contribution in [0.2, 0.25) is 0 Å². The van der Waals surface area contributed by atoms with Gasteiger partial charge in [0.05, 0.1) is 24.8 Å². The minimum atomic E-state index is -4.10. The molecule has 3 rings (SSSR count). The minimum Gasteiger partial charge on any atom is -0.493 e. The van der Waals surface area contributed by atoms with Crippen molar-refractivity contribution in [2.24, 2.45) is 0 Å². The van der Waals surface area contributed by atoms with E-state index in [4.69, 9.17) is 9.47 Å². The van der Waals surface area contributed by atoms with Crippen LogP contribution < -0.4 is 19.1 Å². The highest BCUT2D eigenvalue weighted by Gasteiger charge is 2.28. The minimum absolute atomic E-state index is 0.0133. The molecular weight excluding hydrogens is 440 g/mol. The van der Waals surface area contributed by atoms with Gasteiger partial charge in [-0.1, -0.05) is 35.9 Å². The van der Waals surface area contributed by atoms with Gasteiger partial charge in [-0.25, -0.2) is 8.42 Å². The zero-order chi connectivity index (χ0) is 24.2. The van der Waals surface area contributed by atoms with Gasteiger partial charge in [0.2, 0.25) is 5.91 Å². The summed E-state index contributed by atoms with van der Waals surface area (Å²) in [5.41, 5.74) is 3.82. The summed E-state index contributed by atoms with van der Waals surface area (Å²) in [6.07, 6.45) is 0. The van der Waals surface area contributed by atoms with Crippen LogP contribution in [0.15, 0.2) is 65.6 Å². The molecule has 1 N–H and O–H groups in total. The molecule has 0 heterocycles. The summed E-state index contributed by atoms with van der Waals surface area (Å²) in [6, 6.07) is 17.0. The number of carbonyl (C=O) groups excluding carboxylic acids is 1. The quantitative estimate of drug-likeness (QED) is 0.528. The Morgan fingerprint density at radius 1 is 0.879 bits per heavy atom. The van der Waals surface area contributed by atoms with Crippen molar-refractivity contribution in [2.45, 2.75) is 25.7 Å². The number of aryl methyl sites for hydroxylation is 3. The predicted octanol–water partition coefficient (Wildman–Crippen LogP) is 4.46. The monoisotopic (exact) mass is 468 g/mol. The van der Waals surface area contributed by atoms with Gasteiger partial charge in [0, 0.05) is 11.8 Å². The molecule has 3 aromatic rings. The second-order valence-corrected chi connectivity index (χ2v) is 9.54. The van der Waals surface area contributed by atoms with Crippen LogP contribution in [0.25, 0.3) is 0 Å². The highest BCUT2D eigenvalue weighted by atomic mass is 32.2. The van der Waals surface area contributed by atoms with E-state index in [0.717, 1.165) is 21.0 Å². The lowest BCUT2D eigenvalue weighted by molar-refractivity contribution is -0.114. The van der Waals surface area contributed by atoms with E-state index in [2.05, 4.69) is 5.32 Å². The normalized spacial score (nSPS) is 11.1. The molecule has 0 aliphatic rings. The highest BCUT2D eigenvalue weighted by Crippen LogP contribution is 2.32. The SMILES string of the molecule is COc1ccc(S(=O)(=O)N(CC(=O)Nc2c(C)cccc2C)c2ccc(C)cc2)cc1OC. The molecule has 0 saturated heterocycles. The number of sulfonamides is 1. The van der Waals surface area contributed by atoms with Gasteiger partial charge in [-0.2, -0.15) is 0 Å². The maximum absolute atomic E-state index is 13.7. The van der Waals surface area contributed by atoms with Gasteiger partial charge in [-0.15, -0.1) is 0 Å². The Bertz CT molecular complexity index is 1230. The summed E-state index contributed by atoms with van der Waals surface area (Å²) >= 11 is 0. The summed E-state index contributed by atoms with van der Waals surface area (Å²) in [7, 11) is -1.19. The number of para-hydroxylation sites is 1. The third kappa shape index (κ3) is 5.28. The summed E-state index contributed by atoms with van der Waals surface area (Å²) in [6.45, 7) is 5.29. The average molecular weight is 469 g/mol. The first-order valence-electron chi connectivity index (χ1n) is 10.3. The number of amides is 1. The van der Waals surface area contributed by atoms with E-state index in [1.165, 1.54) is 32.4 Å². The maximum Gasteiger partial charge on any atom is 0.264 e. The van der Waals surface area contributed by atoms with E-state index in [9.17, 15) is 13.2 Å². The maximum atomic E-state index is 13.7. The van der Waals surface area contributed by atoms with Crippen molar-refractivity contribution in [3.63, 3.8) is 0 Å². The van der Waals surface area contributed by atoms with E-state index in [1.807, 2.05) is 39.0 Å². The number of hydrogen-bond donors (Lipinski definition) is 1. The second-order valence-electron chi connectivity index (χ2n) is 7.68. The van der Waals surface area contributed by atoms with Crippen LogP contribution in [0, 0.1) is 20.8 Å². The van der Waals surface area contributed by atoms with Crippen LogP contribution in [0.4, 0.5) is 11.4 Å². The Kier molecular flexibility index (Phi) is 7.28. The molecule has 0 atom stereocenters. The fourth-order valence-corrected chi connectivity index (χ4v) is 4.89. The average Bonchev–Trinajstić information content (AvgIpc) is 2.80. The molecule has 0 aliphatic carbocycles. The van der Waals surface area contributed by atoms with Crippen LogP contribution in [-0.2, 0) is 14.8 Å². The van der Waals surface area contributed by atoms with Gasteiger partial charge in [0.1, 0.15) is 6.54 Å². The Balaban J connectivity index is 2.01. The van der Waals surface area contributed by atoms with Crippen molar-refractivity contribution >= 4 is 27.3 Å². The standard InChI is InChI=1S/C25H28N2O5S/c1-17-9-11-20(12-10-17)27(16-24(28)26-25-18(2)7-6-8-19(25)3)33(29,30)21-13-14-22(31-4)23(15-21)32-5/h6-15H,16H2,1-5H3,(H,26,28). The van der Waals surface area contributed by atoms with Crippen molar-refractivity contribution in [3.8, 4) is 11.5 Å². The summed E-state index contributed by atoms with van der Waals surface area (Å²) in [5.74, 6) is 0.241. The van der Waals surface area contributed by atoms with E-state index < -0.39 is 22.5 Å². The molecule has 0 bridgehead atoms. The fraction of sp³-hybridized carbons (Fsp3) is 0.240. The van der Waals surface area contributed by atoms with Gasteiger partial charge in [-0.05, 0) is 56.2 Å². The molecule has 0 fully saturated rings. The predicted molar refractivity (Wildman–Crippen MR) is 130 cm³/mol. The molecule has 174 valence electrons. The van der Waals surface area contributed by atoms with Crippen LogP contribution in [0.3, 0.4) is 0 Å². The van der Waals surface area contributed by atoms with E-state index >= 15 is 0 Å². The smallest absolute Gasteiger partial charge is 0.264 e. The van der Waals surface area contributed by atoms with E-state index in [1.54, 1.807) is 24.3 Å². The number of hydrogen-bond acceptors (Lipinski definition) is 5. The molecule has 0 aliphatic heterocycles. The van der Waals surface area contributed by atoms with Crippen molar-refractivity contribution in [1.82, 2.24) is 0 Å². The number of benzene rings is 3. The molecule has 0 radical (unpaired) electrons. The molecule has 7 nitrogen and oxygen atoms in total. The number of nitrogens with one attached hydrogen (secondary N) is 1. The number of ether oxygens (including phenoxy) is 2. The highest BCUT2D eigenvalue weighted by molar-refractivity contribution is 7.92. The Morgan fingerprint density at radius 2 is 1.48 bits per heavy atom. The summed E-state index contributed by atoms with van der Waals surface area (Å²) < 4.78 is 38.9. The van der Waals surface area contributed by atoms with Crippen LogP contribution in [-0.4, -0.2) is 35.1 Å². The molecule has 0 saturated carbocycles. The zero-order valence-electron chi connectivity index (χ0n) is 19.4. The van der Waals surface area contributed by atoms with Gasteiger partial charge in [0.15, 0.2) is 11.5 Å². The molecule has 0 spiro atoms. The third-order valence-electron chi connectivity index (χ3n) is 5.30. The van der Waals surface area contributed by atoms with Crippen molar-refractivity contribution < 1.29 is 22.7 Å². The van der Waals surface area contributed by atoms with Crippen molar-refractivity contribution in [2.75, 3.05) is 30.4 Å². The third-order valence-corrected chi connectivity index (χ3v) is 7.07. The fourth-order valence-electron chi connectivity index (χ4n) is 3.45. The lowest BCUT2D eigenvalue weighted by Crippen LogP contribution is -2.38. The zero-order valence-corrected chi connectivity index (χ0v) is 20.2. The topological polar surface area (TPSA) is 84.9 Å². The largest absolute Gasteiger partial charge is 0.493 e. The van der Waals surface area contributed by atoms with Crippen molar-refractivity contribution in [3.05, 3.63) is 77.4 Å². The van der Waals surface area contributed by atoms with Crippen LogP contribution in [0.5, 0.6) is 11.5 Å². The number of rotatable bonds is 8. The van der Waals surface area contributed by atoms with Crippen LogP contribution in [0.1, 0.15) is 16.7 Å². The van der Waals surface area contributed by atoms with E-state index in [-0.39, 0.29) is 10.6 Å².